The fourth-order valence-electron chi connectivity index (χ4n) is 1.43. The van der Waals surface area contributed by atoms with Gasteiger partial charge in [0.15, 0.2) is 5.84 Å². The summed E-state index contributed by atoms with van der Waals surface area (Å²) >= 11 is 10.9. The van der Waals surface area contributed by atoms with E-state index in [2.05, 4.69) is 4.99 Å². The fourth-order valence-corrected chi connectivity index (χ4v) is 2.00. The van der Waals surface area contributed by atoms with Crippen molar-refractivity contribution in [3.05, 3.63) is 27.7 Å². The van der Waals surface area contributed by atoms with Crippen molar-refractivity contribution in [2.24, 2.45) is 4.99 Å². The lowest BCUT2D eigenvalue weighted by atomic mass is 10.2. The van der Waals surface area contributed by atoms with Gasteiger partial charge in [0.25, 0.3) is 0 Å². The molecule has 0 saturated heterocycles. The Balaban J connectivity index is 3.57. The van der Waals surface area contributed by atoms with E-state index >= 15 is 0 Å². The first kappa shape index (κ1) is 21.4. The first-order chi connectivity index (χ1) is 11.1. The Morgan fingerprint density at radius 2 is 1.44 bits per heavy atom. The SMILES string of the molecule is CC(=O)NC(=Nc1c(Cl)cc(C(F)(F)F)cc1Cl)C(F)(F)C(F)(F)F. The molecule has 0 saturated carbocycles. The van der Waals surface area contributed by atoms with Crippen LogP contribution in [0.15, 0.2) is 17.1 Å². The lowest BCUT2D eigenvalue weighted by Crippen LogP contribution is -2.51. The van der Waals surface area contributed by atoms with Crippen molar-refractivity contribution in [1.82, 2.24) is 5.32 Å². The highest BCUT2D eigenvalue weighted by Gasteiger charge is 2.62. The van der Waals surface area contributed by atoms with Gasteiger partial charge in [-0.2, -0.15) is 35.1 Å². The molecule has 0 aliphatic rings. The van der Waals surface area contributed by atoms with Gasteiger partial charge in [0.2, 0.25) is 5.91 Å². The highest BCUT2D eigenvalue weighted by molar-refractivity contribution is 6.39. The molecule has 3 nitrogen and oxygen atoms in total. The number of carbonyl (C=O) groups is 1. The minimum absolute atomic E-state index is 0.239. The van der Waals surface area contributed by atoms with Gasteiger partial charge in [-0.05, 0) is 12.1 Å². The summed E-state index contributed by atoms with van der Waals surface area (Å²) in [7, 11) is 0. The van der Waals surface area contributed by atoms with Crippen molar-refractivity contribution < 1.29 is 39.9 Å². The summed E-state index contributed by atoms with van der Waals surface area (Å²) in [5.41, 5.74) is -2.37. The Bertz CT molecular complexity index is 689. The second-order valence-electron chi connectivity index (χ2n) is 4.50. The number of alkyl halides is 8. The Hall–Kier alpha value is -1.62. The van der Waals surface area contributed by atoms with Crippen LogP contribution in [0.4, 0.5) is 40.8 Å². The van der Waals surface area contributed by atoms with Gasteiger partial charge >= 0.3 is 18.3 Å². The monoisotopic (exact) mass is 416 g/mol. The van der Waals surface area contributed by atoms with E-state index in [1.54, 1.807) is 0 Å². The van der Waals surface area contributed by atoms with Crippen LogP contribution in [0.3, 0.4) is 0 Å². The van der Waals surface area contributed by atoms with E-state index in [1.165, 1.54) is 5.32 Å². The van der Waals surface area contributed by atoms with Crippen LogP contribution in [0.1, 0.15) is 12.5 Å². The zero-order valence-electron chi connectivity index (χ0n) is 11.8. The summed E-state index contributed by atoms with van der Waals surface area (Å²) in [6.07, 6.45) is -11.0. The van der Waals surface area contributed by atoms with Crippen LogP contribution in [0, 0.1) is 0 Å². The number of hydrogen-bond donors (Lipinski definition) is 1. The number of amides is 1. The number of benzene rings is 1. The van der Waals surface area contributed by atoms with Crippen LogP contribution < -0.4 is 5.32 Å². The van der Waals surface area contributed by atoms with E-state index in [-0.39, 0.29) is 12.1 Å². The number of hydrogen-bond acceptors (Lipinski definition) is 2. The summed E-state index contributed by atoms with van der Waals surface area (Å²) in [6.45, 7) is 0.623. The first-order valence-corrected chi connectivity index (χ1v) is 6.70. The molecule has 1 N–H and O–H groups in total. The highest BCUT2D eigenvalue weighted by Crippen LogP contribution is 2.42. The maximum Gasteiger partial charge on any atom is 0.461 e. The summed E-state index contributed by atoms with van der Waals surface area (Å²) in [6, 6.07) is 0.479. The molecule has 1 amide bonds. The topological polar surface area (TPSA) is 41.5 Å². The molecule has 0 aromatic heterocycles. The maximum atomic E-state index is 13.4. The number of amidine groups is 1. The molecule has 0 aliphatic carbocycles. The lowest BCUT2D eigenvalue weighted by Gasteiger charge is -2.22. The smallest absolute Gasteiger partial charge is 0.309 e. The molecule has 0 aliphatic heterocycles. The van der Waals surface area contributed by atoms with Crippen molar-refractivity contribution in [1.29, 1.82) is 0 Å². The number of rotatable bonds is 2. The van der Waals surface area contributed by atoms with Crippen molar-refractivity contribution in [2.45, 2.75) is 25.2 Å². The van der Waals surface area contributed by atoms with Crippen LogP contribution in [0.2, 0.25) is 10.0 Å². The second kappa shape index (κ2) is 6.94. The number of aliphatic imine (C=N–C) groups is 1. The van der Waals surface area contributed by atoms with Gasteiger partial charge in [-0.3, -0.25) is 4.79 Å². The molecule has 1 aromatic carbocycles. The molecule has 0 atom stereocenters. The van der Waals surface area contributed by atoms with E-state index in [0.717, 1.165) is 0 Å². The highest BCUT2D eigenvalue weighted by atomic mass is 35.5. The minimum atomic E-state index is -6.14. The summed E-state index contributed by atoms with van der Waals surface area (Å²) in [5, 5.41) is -0.712. The van der Waals surface area contributed by atoms with Crippen molar-refractivity contribution >= 4 is 40.6 Å². The second-order valence-corrected chi connectivity index (χ2v) is 5.31. The average molecular weight is 417 g/mol. The van der Waals surface area contributed by atoms with Gasteiger partial charge in [-0.1, -0.05) is 23.2 Å². The standard InChI is InChI=1S/C12H6Cl2F8N2O/c1-4(25)23-9(10(15,16)12(20,21)22)24-8-6(13)2-5(3-7(8)14)11(17,18)19/h2-3H,1H3,(H,23,24,25). The normalized spacial score (nSPS) is 13.8. The van der Waals surface area contributed by atoms with Gasteiger partial charge in [0.05, 0.1) is 15.6 Å². The van der Waals surface area contributed by atoms with E-state index in [0.29, 0.717) is 6.92 Å². The molecular formula is C12H6Cl2F8N2O. The van der Waals surface area contributed by atoms with Crippen LogP contribution in [0.5, 0.6) is 0 Å². The third-order valence-electron chi connectivity index (χ3n) is 2.52. The average Bonchev–Trinajstić information content (AvgIpc) is 2.38. The van der Waals surface area contributed by atoms with E-state index in [9.17, 15) is 39.9 Å². The van der Waals surface area contributed by atoms with E-state index < -0.39 is 51.3 Å². The van der Waals surface area contributed by atoms with Crippen molar-refractivity contribution in [2.75, 3.05) is 0 Å². The largest absolute Gasteiger partial charge is 0.461 e. The number of carbonyl (C=O) groups excluding carboxylic acids is 1. The Morgan fingerprint density at radius 3 is 1.76 bits per heavy atom. The number of nitrogens with zero attached hydrogens (tertiary/aromatic N) is 1. The van der Waals surface area contributed by atoms with Gasteiger partial charge < -0.3 is 5.32 Å². The third-order valence-corrected chi connectivity index (χ3v) is 3.09. The van der Waals surface area contributed by atoms with Gasteiger partial charge in [0.1, 0.15) is 5.69 Å². The van der Waals surface area contributed by atoms with Gasteiger partial charge in [-0.25, -0.2) is 4.99 Å². The van der Waals surface area contributed by atoms with Crippen LogP contribution in [-0.2, 0) is 11.0 Å². The van der Waals surface area contributed by atoms with E-state index in [1.807, 2.05) is 0 Å². The van der Waals surface area contributed by atoms with E-state index in [4.69, 9.17) is 23.2 Å². The quantitative estimate of drug-likeness (QED) is 0.392. The predicted octanol–water partition coefficient (Wildman–Crippen LogP) is 5.38. The van der Waals surface area contributed by atoms with Gasteiger partial charge in [-0.15, -0.1) is 0 Å². The Morgan fingerprint density at radius 1 is 1.00 bits per heavy atom. The zero-order chi connectivity index (χ0) is 19.8. The maximum absolute atomic E-state index is 13.4. The lowest BCUT2D eigenvalue weighted by molar-refractivity contribution is -0.250. The molecule has 140 valence electrons. The third kappa shape index (κ3) is 4.94. The molecule has 0 radical (unpaired) electrons. The molecule has 13 heteroatoms. The zero-order valence-corrected chi connectivity index (χ0v) is 13.3. The fraction of sp³-hybridized carbons (Fsp3) is 0.333. The Kier molecular flexibility index (Phi) is 5.95. The molecular weight excluding hydrogens is 411 g/mol. The molecule has 0 spiro atoms. The van der Waals surface area contributed by atoms with Crippen molar-refractivity contribution in [3.63, 3.8) is 0 Å². The van der Waals surface area contributed by atoms with Gasteiger partial charge in [0, 0.05) is 6.92 Å². The van der Waals surface area contributed by atoms with Crippen LogP contribution >= 0.6 is 23.2 Å². The molecule has 1 aromatic rings. The van der Waals surface area contributed by atoms with Crippen molar-refractivity contribution in [3.8, 4) is 0 Å². The number of halogens is 10. The molecule has 0 fully saturated rings. The Labute approximate surface area is 144 Å². The predicted molar refractivity (Wildman–Crippen MR) is 73.4 cm³/mol. The molecule has 25 heavy (non-hydrogen) atoms. The molecule has 1 rings (SSSR count). The summed E-state index contributed by atoms with van der Waals surface area (Å²) in [4.78, 5) is 13.7. The summed E-state index contributed by atoms with van der Waals surface area (Å²) < 4.78 is 102. The molecule has 0 bridgehead atoms. The minimum Gasteiger partial charge on any atom is -0.309 e. The van der Waals surface area contributed by atoms with Crippen LogP contribution in [0.25, 0.3) is 0 Å². The molecule has 0 unspecified atom stereocenters. The molecule has 0 heterocycles. The first-order valence-electron chi connectivity index (χ1n) is 5.95. The van der Waals surface area contributed by atoms with Crippen LogP contribution in [-0.4, -0.2) is 23.8 Å². The summed E-state index contributed by atoms with van der Waals surface area (Å²) in [5.74, 6) is -9.13. The number of nitrogens with one attached hydrogen (secondary N) is 1.